The number of hydrogen-bond acceptors (Lipinski definition) is 5. The molecule has 2 aromatic rings. The van der Waals surface area contributed by atoms with Gasteiger partial charge in [-0.3, -0.25) is 9.59 Å². The molecule has 0 aliphatic heterocycles. The quantitative estimate of drug-likeness (QED) is 0.616. The lowest BCUT2D eigenvalue weighted by Crippen LogP contribution is -2.36. The van der Waals surface area contributed by atoms with E-state index in [9.17, 15) is 9.59 Å². The Morgan fingerprint density at radius 1 is 1.00 bits per heavy atom. The first-order valence-electron chi connectivity index (χ1n) is 9.11. The second-order valence-corrected chi connectivity index (χ2v) is 6.79. The molecule has 0 aliphatic carbocycles. The Balaban J connectivity index is 1.91. The van der Waals surface area contributed by atoms with Gasteiger partial charge in [0.05, 0.1) is 13.2 Å². The molecule has 0 unspecified atom stereocenters. The van der Waals surface area contributed by atoms with Crippen molar-refractivity contribution in [3.63, 3.8) is 0 Å². The van der Waals surface area contributed by atoms with Crippen LogP contribution in [-0.2, 0) is 9.59 Å². The summed E-state index contributed by atoms with van der Waals surface area (Å²) in [6, 6.07) is 13.4. The fraction of sp³-hybridized carbons (Fsp3) is 0.333. The molecule has 0 heterocycles. The highest BCUT2D eigenvalue weighted by Gasteiger charge is 2.15. The summed E-state index contributed by atoms with van der Waals surface area (Å²) in [6.45, 7) is 3.85. The highest BCUT2D eigenvalue weighted by atomic mass is 16.5. The largest absolute Gasteiger partial charge is 0.493 e. The lowest BCUT2D eigenvalue weighted by molar-refractivity contribution is -0.118. The molecule has 0 saturated carbocycles. The standard InChI is InChI=1S/C21H27N3O4/c1-14(2)11-17(22)21(26)24-16-8-6-7-15(12-16)23-20(25)13-28-19-10-5-4-9-18(19)27-3/h4-10,12,14,17H,11,13,22H2,1-3H3,(H,23,25)(H,24,26)/t17-/m0/s1. The molecule has 7 heteroatoms. The third kappa shape index (κ3) is 6.59. The zero-order valence-corrected chi connectivity index (χ0v) is 16.4. The van der Waals surface area contributed by atoms with Crippen LogP contribution in [0.1, 0.15) is 20.3 Å². The number of nitrogens with two attached hydrogens (primary N) is 1. The zero-order valence-electron chi connectivity index (χ0n) is 16.4. The molecule has 0 saturated heterocycles. The Morgan fingerprint density at radius 2 is 1.64 bits per heavy atom. The van der Waals surface area contributed by atoms with Gasteiger partial charge >= 0.3 is 0 Å². The van der Waals surface area contributed by atoms with Crippen LogP contribution in [0.5, 0.6) is 11.5 Å². The zero-order chi connectivity index (χ0) is 20.5. The molecule has 2 aromatic carbocycles. The minimum Gasteiger partial charge on any atom is -0.493 e. The SMILES string of the molecule is COc1ccccc1OCC(=O)Nc1cccc(NC(=O)[C@@H](N)CC(C)C)c1. The first kappa shape index (κ1) is 21.2. The van der Waals surface area contributed by atoms with Gasteiger partial charge in [-0.05, 0) is 42.7 Å². The summed E-state index contributed by atoms with van der Waals surface area (Å²) in [5, 5.41) is 5.51. The van der Waals surface area contributed by atoms with Crippen molar-refractivity contribution in [2.45, 2.75) is 26.3 Å². The van der Waals surface area contributed by atoms with Crippen LogP contribution in [0.4, 0.5) is 11.4 Å². The summed E-state index contributed by atoms with van der Waals surface area (Å²) >= 11 is 0. The van der Waals surface area contributed by atoms with E-state index in [-0.39, 0.29) is 18.4 Å². The van der Waals surface area contributed by atoms with E-state index in [0.717, 1.165) is 0 Å². The van der Waals surface area contributed by atoms with Gasteiger partial charge in [0.15, 0.2) is 18.1 Å². The smallest absolute Gasteiger partial charge is 0.262 e. The Bertz CT molecular complexity index is 808. The first-order chi connectivity index (χ1) is 13.4. The number of carbonyl (C=O) groups excluding carboxylic acids is 2. The van der Waals surface area contributed by atoms with Crippen molar-refractivity contribution >= 4 is 23.2 Å². The number of anilines is 2. The number of methoxy groups -OCH3 is 1. The second-order valence-electron chi connectivity index (χ2n) is 6.79. The van der Waals surface area contributed by atoms with E-state index in [1.807, 2.05) is 19.9 Å². The summed E-state index contributed by atoms with van der Waals surface area (Å²) in [5.74, 6) is 0.787. The lowest BCUT2D eigenvalue weighted by atomic mass is 10.0. The van der Waals surface area contributed by atoms with Gasteiger partial charge in [0, 0.05) is 11.4 Å². The number of ether oxygens (including phenoxy) is 2. The molecule has 0 aromatic heterocycles. The number of nitrogens with one attached hydrogen (secondary N) is 2. The Hall–Kier alpha value is -3.06. The van der Waals surface area contributed by atoms with Gasteiger partial charge < -0.3 is 25.8 Å². The van der Waals surface area contributed by atoms with Crippen molar-refractivity contribution in [2.24, 2.45) is 11.7 Å². The fourth-order valence-electron chi connectivity index (χ4n) is 2.60. The van der Waals surface area contributed by atoms with Gasteiger partial charge in [0.2, 0.25) is 5.91 Å². The fourth-order valence-corrected chi connectivity index (χ4v) is 2.60. The van der Waals surface area contributed by atoms with E-state index in [1.54, 1.807) is 42.5 Å². The Morgan fingerprint density at radius 3 is 2.29 bits per heavy atom. The molecule has 0 spiro atoms. The predicted octanol–water partition coefficient (Wildman–Crippen LogP) is 3.02. The molecule has 2 rings (SSSR count). The predicted molar refractivity (Wildman–Crippen MR) is 110 cm³/mol. The Labute approximate surface area is 165 Å². The van der Waals surface area contributed by atoms with Crippen LogP contribution in [0.15, 0.2) is 48.5 Å². The maximum Gasteiger partial charge on any atom is 0.262 e. The molecule has 28 heavy (non-hydrogen) atoms. The summed E-state index contributed by atoms with van der Waals surface area (Å²) in [4.78, 5) is 24.3. The molecule has 4 N–H and O–H groups in total. The number of carbonyl (C=O) groups is 2. The average molecular weight is 385 g/mol. The highest BCUT2D eigenvalue weighted by molar-refractivity contribution is 5.96. The van der Waals surface area contributed by atoms with Gasteiger partial charge in [-0.15, -0.1) is 0 Å². The average Bonchev–Trinajstić information content (AvgIpc) is 2.66. The maximum absolute atomic E-state index is 12.2. The van der Waals surface area contributed by atoms with E-state index in [4.69, 9.17) is 15.2 Å². The van der Waals surface area contributed by atoms with E-state index in [0.29, 0.717) is 35.2 Å². The van der Waals surface area contributed by atoms with Crippen molar-refractivity contribution in [3.05, 3.63) is 48.5 Å². The summed E-state index contributed by atoms with van der Waals surface area (Å²) < 4.78 is 10.7. The van der Waals surface area contributed by atoms with Crippen LogP contribution < -0.4 is 25.8 Å². The van der Waals surface area contributed by atoms with Crippen LogP contribution in [-0.4, -0.2) is 31.6 Å². The number of para-hydroxylation sites is 2. The van der Waals surface area contributed by atoms with Gasteiger partial charge in [0.1, 0.15) is 0 Å². The van der Waals surface area contributed by atoms with Crippen molar-refractivity contribution in [1.29, 1.82) is 0 Å². The topological polar surface area (TPSA) is 103 Å². The van der Waals surface area contributed by atoms with Crippen molar-refractivity contribution in [1.82, 2.24) is 0 Å². The van der Waals surface area contributed by atoms with Crippen LogP contribution in [0.2, 0.25) is 0 Å². The number of amides is 2. The third-order valence-corrected chi connectivity index (χ3v) is 3.90. The van der Waals surface area contributed by atoms with Gasteiger partial charge in [-0.2, -0.15) is 0 Å². The molecule has 0 radical (unpaired) electrons. The molecule has 2 amide bonds. The van der Waals surface area contributed by atoms with Gasteiger partial charge in [-0.1, -0.05) is 32.0 Å². The molecule has 1 atom stereocenters. The summed E-state index contributed by atoms with van der Waals surface area (Å²) in [6.07, 6.45) is 0.600. The van der Waals surface area contributed by atoms with E-state index in [2.05, 4.69) is 10.6 Å². The molecular formula is C21H27N3O4. The van der Waals surface area contributed by atoms with Crippen LogP contribution in [0.3, 0.4) is 0 Å². The van der Waals surface area contributed by atoms with Crippen LogP contribution in [0, 0.1) is 5.92 Å². The van der Waals surface area contributed by atoms with E-state index >= 15 is 0 Å². The molecule has 150 valence electrons. The van der Waals surface area contributed by atoms with Crippen LogP contribution in [0.25, 0.3) is 0 Å². The number of benzene rings is 2. The Kier molecular flexibility index (Phi) is 7.83. The molecule has 0 aliphatic rings. The van der Waals surface area contributed by atoms with Gasteiger partial charge in [-0.25, -0.2) is 0 Å². The van der Waals surface area contributed by atoms with Crippen molar-refractivity contribution < 1.29 is 19.1 Å². The third-order valence-electron chi connectivity index (χ3n) is 3.90. The lowest BCUT2D eigenvalue weighted by Gasteiger charge is -2.15. The van der Waals surface area contributed by atoms with Crippen LogP contribution >= 0.6 is 0 Å². The normalized spacial score (nSPS) is 11.6. The van der Waals surface area contributed by atoms with E-state index < -0.39 is 6.04 Å². The first-order valence-corrected chi connectivity index (χ1v) is 9.11. The molecule has 0 fully saturated rings. The van der Waals surface area contributed by atoms with Crippen molar-refractivity contribution in [3.8, 4) is 11.5 Å². The molecular weight excluding hydrogens is 358 g/mol. The minimum absolute atomic E-state index is 0.170. The van der Waals surface area contributed by atoms with Gasteiger partial charge in [0.25, 0.3) is 5.91 Å². The molecule has 0 bridgehead atoms. The van der Waals surface area contributed by atoms with E-state index in [1.165, 1.54) is 7.11 Å². The van der Waals surface area contributed by atoms with Crippen molar-refractivity contribution in [2.75, 3.05) is 24.4 Å². The monoisotopic (exact) mass is 385 g/mol. The summed E-state index contributed by atoms with van der Waals surface area (Å²) in [7, 11) is 1.54. The number of hydrogen-bond donors (Lipinski definition) is 3. The minimum atomic E-state index is -0.576. The summed E-state index contributed by atoms with van der Waals surface area (Å²) in [5.41, 5.74) is 7.00. The molecule has 7 nitrogen and oxygen atoms in total. The second kappa shape index (κ2) is 10.3. The highest BCUT2D eigenvalue weighted by Crippen LogP contribution is 2.25. The maximum atomic E-state index is 12.2. The number of rotatable bonds is 9.